The minimum absolute atomic E-state index is 0.161. The molecule has 0 spiro atoms. The van der Waals surface area contributed by atoms with Crippen LogP contribution in [-0.2, 0) is 9.59 Å². The first-order valence-electron chi connectivity index (χ1n) is 11.3. The third-order valence-corrected chi connectivity index (χ3v) is 7.73. The number of imide groups is 1. The molecule has 156 valence electrons. The lowest BCUT2D eigenvalue weighted by molar-refractivity contribution is -0.135. The van der Waals surface area contributed by atoms with Crippen LogP contribution in [0.2, 0.25) is 0 Å². The van der Waals surface area contributed by atoms with Crippen molar-refractivity contribution in [3.63, 3.8) is 0 Å². The standard InChI is InChI=1S/C22H35N3O3/c1-3-5-22(6-4-2)19(27)25(20(28)24-22)13-18(26)23-14-21-10-15-7-16(11-21)9-17(8-15)12-21/h15-17H,3-14H2,1-2H3,(H,23,26)(H,24,28). The highest BCUT2D eigenvalue weighted by Gasteiger charge is 2.52. The average Bonchev–Trinajstić information content (AvgIpc) is 2.84. The summed E-state index contributed by atoms with van der Waals surface area (Å²) in [5.41, 5.74) is -0.559. The van der Waals surface area contributed by atoms with E-state index < -0.39 is 11.6 Å². The van der Waals surface area contributed by atoms with E-state index in [1.54, 1.807) is 0 Å². The summed E-state index contributed by atoms with van der Waals surface area (Å²) in [7, 11) is 0. The zero-order valence-electron chi connectivity index (χ0n) is 17.4. The molecule has 6 heteroatoms. The first-order chi connectivity index (χ1) is 13.4. The van der Waals surface area contributed by atoms with Gasteiger partial charge in [-0.15, -0.1) is 0 Å². The van der Waals surface area contributed by atoms with E-state index in [4.69, 9.17) is 0 Å². The molecule has 0 atom stereocenters. The molecule has 28 heavy (non-hydrogen) atoms. The summed E-state index contributed by atoms with van der Waals surface area (Å²) in [4.78, 5) is 39.1. The van der Waals surface area contributed by atoms with Crippen molar-refractivity contribution >= 4 is 17.8 Å². The Morgan fingerprint density at radius 1 is 1.04 bits per heavy atom. The second-order valence-electron chi connectivity index (χ2n) is 10.1. The van der Waals surface area contributed by atoms with Crippen LogP contribution >= 0.6 is 0 Å². The molecule has 5 fully saturated rings. The normalized spacial score (nSPS) is 35.4. The van der Waals surface area contributed by atoms with Crippen molar-refractivity contribution in [3.05, 3.63) is 0 Å². The van der Waals surface area contributed by atoms with E-state index in [0.717, 1.165) is 35.5 Å². The van der Waals surface area contributed by atoms with Crippen LogP contribution < -0.4 is 10.6 Å². The Hall–Kier alpha value is -1.59. The van der Waals surface area contributed by atoms with E-state index in [2.05, 4.69) is 10.6 Å². The summed E-state index contributed by atoms with van der Waals surface area (Å²) in [6, 6.07) is -0.420. The number of urea groups is 1. The van der Waals surface area contributed by atoms with Crippen molar-refractivity contribution in [3.8, 4) is 0 Å². The number of nitrogens with one attached hydrogen (secondary N) is 2. The van der Waals surface area contributed by atoms with Gasteiger partial charge in [-0.3, -0.25) is 14.5 Å². The smallest absolute Gasteiger partial charge is 0.325 e. The molecule has 4 bridgehead atoms. The summed E-state index contributed by atoms with van der Waals surface area (Å²) in [5, 5.41) is 5.97. The summed E-state index contributed by atoms with van der Waals surface area (Å²) >= 11 is 0. The van der Waals surface area contributed by atoms with Crippen LogP contribution in [0.3, 0.4) is 0 Å². The van der Waals surface area contributed by atoms with Crippen LogP contribution in [0.15, 0.2) is 0 Å². The average molecular weight is 390 g/mol. The number of hydrogen-bond acceptors (Lipinski definition) is 3. The Labute approximate surface area is 168 Å². The lowest BCUT2D eigenvalue weighted by Gasteiger charge is -2.56. The molecule has 1 saturated heterocycles. The van der Waals surface area contributed by atoms with Gasteiger partial charge in [0.25, 0.3) is 5.91 Å². The Bertz CT molecular complexity index is 618. The fourth-order valence-electron chi connectivity index (χ4n) is 7.13. The topological polar surface area (TPSA) is 78.5 Å². The SMILES string of the molecule is CCCC1(CCC)NC(=O)N(CC(=O)NCC23CC4CC(CC(C4)C2)C3)C1=O. The molecule has 1 heterocycles. The zero-order chi connectivity index (χ0) is 19.9. The molecule has 0 aromatic carbocycles. The van der Waals surface area contributed by atoms with E-state index in [1.807, 2.05) is 13.8 Å². The molecule has 5 aliphatic rings. The van der Waals surface area contributed by atoms with Gasteiger partial charge < -0.3 is 10.6 Å². The molecule has 5 rings (SSSR count). The van der Waals surface area contributed by atoms with Crippen molar-refractivity contribution in [1.29, 1.82) is 0 Å². The number of carbonyl (C=O) groups excluding carboxylic acids is 3. The second kappa shape index (κ2) is 7.34. The van der Waals surface area contributed by atoms with Crippen LogP contribution in [0.4, 0.5) is 4.79 Å². The maximum Gasteiger partial charge on any atom is 0.325 e. The van der Waals surface area contributed by atoms with Crippen molar-refractivity contribution < 1.29 is 14.4 Å². The summed E-state index contributed by atoms with van der Waals surface area (Å²) < 4.78 is 0. The van der Waals surface area contributed by atoms with Crippen molar-refractivity contribution in [2.75, 3.05) is 13.1 Å². The molecule has 0 aromatic rings. The molecule has 1 aliphatic heterocycles. The van der Waals surface area contributed by atoms with Gasteiger partial charge in [-0.2, -0.15) is 0 Å². The highest BCUT2D eigenvalue weighted by molar-refractivity contribution is 6.09. The highest BCUT2D eigenvalue weighted by Crippen LogP contribution is 2.59. The Morgan fingerprint density at radius 3 is 2.07 bits per heavy atom. The monoisotopic (exact) mass is 389 g/mol. The van der Waals surface area contributed by atoms with Crippen molar-refractivity contribution in [2.24, 2.45) is 23.2 Å². The lowest BCUT2D eigenvalue weighted by Crippen LogP contribution is -2.52. The largest absolute Gasteiger partial charge is 0.354 e. The molecule has 0 aromatic heterocycles. The van der Waals surface area contributed by atoms with Gasteiger partial charge in [0.2, 0.25) is 5.91 Å². The van der Waals surface area contributed by atoms with Crippen LogP contribution in [0, 0.1) is 23.2 Å². The highest BCUT2D eigenvalue weighted by atomic mass is 16.2. The van der Waals surface area contributed by atoms with Gasteiger partial charge in [0.15, 0.2) is 0 Å². The van der Waals surface area contributed by atoms with E-state index in [-0.39, 0.29) is 23.8 Å². The van der Waals surface area contributed by atoms with E-state index in [0.29, 0.717) is 19.4 Å². The maximum atomic E-state index is 12.9. The Kier molecular flexibility index (Phi) is 5.17. The van der Waals surface area contributed by atoms with Crippen molar-refractivity contribution in [1.82, 2.24) is 15.5 Å². The zero-order valence-corrected chi connectivity index (χ0v) is 17.4. The number of carbonyl (C=O) groups is 3. The third-order valence-electron chi connectivity index (χ3n) is 7.73. The number of amides is 4. The number of rotatable bonds is 8. The fraction of sp³-hybridized carbons (Fsp3) is 0.864. The Morgan fingerprint density at radius 2 is 1.57 bits per heavy atom. The molecule has 2 N–H and O–H groups in total. The summed E-state index contributed by atoms with van der Waals surface area (Å²) in [6.45, 7) is 4.57. The van der Waals surface area contributed by atoms with Gasteiger partial charge >= 0.3 is 6.03 Å². The fourth-order valence-corrected chi connectivity index (χ4v) is 7.13. The molecule has 6 nitrogen and oxygen atoms in total. The molecule has 4 aliphatic carbocycles. The van der Waals surface area contributed by atoms with Crippen LogP contribution in [0.25, 0.3) is 0 Å². The van der Waals surface area contributed by atoms with E-state index in [9.17, 15) is 14.4 Å². The minimum atomic E-state index is -0.819. The van der Waals surface area contributed by atoms with Crippen LogP contribution in [0.5, 0.6) is 0 Å². The lowest BCUT2D eigenvalue weighted by atomic mass is 9.49. The van der Waals surface area contributed by atoms with Gasteiger partial charge in [0.05, 0.1) is 0 Å². The molecule has 4 amide bonds. The molecule has 0 unspecified atom stereocenters. The quantitative estimate of drug-likeness (QED) is 0.626. The summed E-state index contributed by atoms with van der Waals surface area (Å²) in [5.74, 6) is 2.10. The van der Waals surface area contributed by atoms with Gasteiger partial charge in [-0.05, 0) is 74.5 Å². The predicted molar refractivity (Wildman–Crippen MR) is 106 cm³/mol. The first-order valence-corrected chi connectivity index (χ1v) is 11.3. The minimum Gasteiger partial charge on any atom is -0.354 e. The van der Waals surface area contributed by atoms with Gasteiger partial charge in [-0.1, -0.05) is 26.7 Å². The van der Waals surface area contributed by atoms with Crippen LogP contribution in [-0.4, -0.2) is 41.4 Å². The Balaban J connectivity index is 1.35. The first kappa shape index (κ1) is 19.7. The predicted octanol–water partition coefficient (Wildman–Crippen LogP) is 3.21. The van der Waals surface area contributed by atoms with Crippen LogP contribution in [0.1, 0.15) is 78.1 Å². The second-order valence-corrected chi connectivity index (χ2v) is 10.1. The maximum absolute atomic E-state index is 12.9. The van der Waals surface area contributed by atoms with Gasteiger partial charge in [-0.25, -0.2) is 4.79 Å². The molecule has 0 radical (unpaired) electrons. The van der Waals surface area contributed by atoms with Crippen molar-refractivity contribution in [2.45, 2.75) is 83.6 Å². The number of nitrogens with zero attached hydrogens (tertiary/aromatic N) is 1. The van der Waals surface area contributed by atoms with Gasteiger partial charge in [0, 0.05) is 6.54 Å². The molecular formula is C22H35N3O3. The van der Waals surface area contributed by atoms with E-state index in [1.165, 1.54) is 38.5 Å². The van der Waals surface area contributed by atoms with E-state index >= 15 is 0 Å². The third kappa shape index (κ3) is 3.43. The molecule has 4 saturated carbocycles. The molecular weight excluding hydrogens is 354 g/mol. The van der Waals surface area contributed by atoms with Gasteiger partial charge in [0.1, 0.15) is 12.1 Å². The summed E-state index contributed by atoms with van der Waals surface area (Å²) in [6.07, 6.45) is 10.7. The number of hydrogen-bond donors (Lipinski definition) is 2.